The number of hydrogen-bond acceptors (Lipinski definition) is 4. The summed E-state index contributed by atoms with van der Waals surface area (Å²) in [6, 6.07) is 4.85. The van der Waals surface area contributed by atoms with E-state index in [0.717, 1.165) is 6.26 Å². The Kier molecular flexibility index (Phi) is 3.25. The van der Waals surface area contributed by atoms with Crippen LogP contribution in [0.3, 0.4) is 0 Å². The number of para-hydroxylation sites is 1. The minimum Gasteiger partial charge on any atom is -0.369 e. The van der Waals surface area contributed by atoms with E-state index in [2.05, 4.69) is 4.98 Å². The predicted octanol–water partition coefficient (Wildman–Crippen LogP) is 1.38. The molecule has 1 heterocycles. The zero-order valence-electron chi connectivity index (χ0n) is 9.93. The van der Waals surface area contributed by atoms with E-state index in [1.807, 2.05) is 0 Å². The number of fused-ring (bicyclic) bond motifs is 1. The summed E-state index contributed by atoms with van der Waals surface area (Å²) in [4.78, 5) is 4.22. The van der Waals surface area contributed by atoms with Gasteiger partial charge in [-0.1, -0.05) is 6.07 Å². The molecule has 0 fully saturated rings. The average Bonchev–Trinajstić information content (AvgIpc) is 2.60. The van der Waals surface area contributed by atoms with E-state index < -0.39 is 16.5 Å². The van der Waals surface area contributed by atoms with E-state index in [9.17, 15) is 12.8 Å². The number of sulfone groups is 1. The van der Waals surface area contributed by atoms with Crippen LogP contribution in [-0.2, 0) is 16.4 Å². The molecule has 0 unspecified atom stereocenters. The maximum absolute atomic E-state index is 12.2. The molecule has 0 saturated carbocycles. The Morgan fingerprint density at radius 1 is 1.44 bits per heavy atom. The molecule has 0 saturated heterocycles. The van der Waals surface area contributed by atoms with Gasteiger partial charge < -0.3 is 10.3 Å². The van der Waals surface area contributed by atoms with Gasteiger partial charge in [-0.25, -0.2) is 13.4 Å². The molecule has 0 bridgehead atoms. The van der Waals surface area contributed by atoms with E-state index in [1.165, 1.54) is 6.07 Å². The van der Waals surface area contributed by atoms with E-state index >= 15 is 0 Å². The molecule has 5 nitrogen and oxygen atoms in total. The lowest BCUT2D eigenvalue weighted by Gasteiger charge is -2.04. The highest BCUT2D eigenvalue weighted by Gasteiger charge is 2.17. The van der Waals surface area contributed by atoms with Gasteiger partial charge in [0.15, 0.2) is 9.84 Å². The number of nitrogen functional groups attached to an aromatic ring is 1. The Morgan fingerprint density at radius 2 is 2.17 bits per heavy atom. The molecule has 0 radical (unpaired) electrons. The molecule has 2 N–H and O–H groups in total. The predicted molar refractivity (Wildman–Crippen MR) is 67.8 cm³/mol. The van der Waals surface area contributed by atoms with Gasteiger partial charge in [0.1, 0.15) is 5.52 Å². The first-order valence-electron chi connectivity index (χ1n) is 5.46. The number of aromatic nitrogens is 2. The van der Waals surface area contributed by atoms with Gasteiger partial charge in [-0.15, -0.1) is 0 Å². The van der Waals surface area contributed by atoms with E-state index in [4.69, 9.17) is 5.73 Å². The summed E-state index contributed by atoms with van der Waals surface area (Å²) in [6.07, 6.45) is 1.44. The molecule has 2 aromatic rings. The van der Waals surface area contributed by atoms with Gasteiger partial charge in [0.25, 0.3) is 0 Å². The monoisotopic (exact) mass is 271 g/mol. The largest absolute Gasteiger partial charge is 0.369 e. The maximum atomic E-state index is 12.2. The van der Waals surface area contributed by atoms with Crippen molar-refractivity contribution in [2.75, 3.05) is 18.7 Å². The van der Waals surface area contributed by atoms with Crippen LogP contribution in [0, 0.1) is 0 Å². The molecule has 0 aliphatic carbocycles. The quantitative estimate of drug-likeness (QED) is 0.911. The van der Waals surface area contributed by atoms with Crippen molar-refractivity contribution < 1.29 is 12.8 Å². The summed E-state index contributed by atoms with van der Waals surface area (Å²) in [6.45, 7) is -0.0725. The number of nitrogens with two attached hydrogens (primary N) is 1. The van der Waals surface area contributed by atoms with Gasteiger partial charge >= 0.3 is 0 Å². The lowest BCUT2D eigenvalue weighted by Crippen LogP contribution is -2.04. The molecule has 0 amide bonds. The van der Waals surface area contributed by atoms with Gasteiger partial charge in [0, 0.05) is 12.8 Å². The second-order valence-corrected chi connectivity index (χ2v) is 6.04. The molecule has 7 heteroatoms. The number of imidazole rings is 1. The molecule has 1 aromatic heterocycles. The third kappa shape index (κ3) is 2.17. The molecule has 98 valence electrons. The van der Waals surface area contributed by atoms with E-state index in [1.54, 1.807) is 16.7 Å². The minimum atomic E-state index is -3.36. The third-order valence-electron chi connectivity index (χ3n) is 2.69. The van der Waals surface area contributed by atoms with Crippen molar-refractivity contribution in [3.05, 3.63) is 18.2 Å². The lowest BCUT2D eigenvalue weighted by molar-refractivity contribution is 0.450. The standard InChI is InChI=1S/C11H14FN3O2S/c1-18(16,17)9-5-2-4-8-10(9)14-11(13)15(8)7-3-6-12/h2,4-5H,3,6-7H2,1H3,(H2,13,14). The highest BCUT2D eigenvalue weighted by molar-refractivity contribution is 7.91. The molecular formula is C11H14FN3O2S. The second kappa shape index (κ2) is 4.56. The van der Waals surface area contributed by atoms with Crippen molar-refractivity contribution in [1.29, 1.82) is 0 Å². The van der Waals surface area contributed by atoms with Gasteiger partial charge in [-0.2, -0.15) is 0 Å². The number of aryl methyl sites for hydroxylation is 1. The van der Waals surface area contributed by atoms with Gasteiger partial charge in [-0.05, 0) is 18.6 Å². The number of alkyl halides is 1. The number of halogens is 1. The fraction of sp³-hybridized carbons (Fsp3) is 0.364. The SMILES string of the molecule is CS(=O)(=O)c1cccc2c1nc(N)n2CCCF. The number of rotatable bonds is 4. The number of hydrogen-bond donors (Lipinski definition) is 1. The van der Waals surface area contributed by atoms with E-state index in [-0.39, 0.29) is 10.8 Å². The van der Waals surface area contributed by atoms with Gasteiger partial charge in [-0.3, -0.25) is 4.39 Å². The van der Waals surface area contributed by atoms with Crippen molar-refractivity contribution >= 4 is 26.8 Å². The van der Waals surface area contributed by atoms with Gasteiger partial charge in [0.2, 0.25) is 5.95 Å². The van der Waals surface area contributed by atoms with Crippen LogP contribution in [0.5, 0.6) is 0 Å². The summed E-state index contributed by atoms with van der Waals surface area (Å²) >= 11 is 0. The summed E-state index contributed by atoms with van der Waals surface area (Å²) in [5.74, 6) is 0.203. The van der Waals surface area contributed by atoms with Crippen LogP contribution >= 0.6 is 0 Å². The molecule has 2 rings (SSSR count). The number of anilines is 1. The number of nitrogens with zero attached hydrogens (tertiary/aromatic N) is 2. The first-order valence-corrected chi connectivity index (χ1v) is 7.35. The fourth-order valence-electron chi connectivity index (χ4n) is 1.89. The van der Waals surface area contributed by atoms with Crippen molar-refractivity contribution in [2.45, 2.75) is 17.9 Å². The van der Waals surface area contributed by atoms with Crippen LogP contribution in [0.15, 0.2) is 23.1 Å². The topological polar surface area (TPSA) is 78.0 Å². The molecule has 0 spiro atoms. The molecule has 0 aliphatic heterocycles. The summed E-state index contributed by atoms with van der Waals surface area (Å²) in [5, 5.41) is 0. The first kappa shape index (κ1) is 12.8. The highest BCUT2D eigenvalue weighted by Crippen LogP contribution is 2.24. The van der Waals surface area contributed by atoms with Crippen molar-refractivity contribution in [3.63, 3.8) is 0 Å². The van der Waals surface area contributed by atoms with Gasteiger partial charge in [0.05, 0.1) is 17.1 Å². The van der Waals surface area contributed by atoms with Crippen LogP contribution in [0.2, 0.25) is 0 Å². The summed E-state index contributed by atoms with van der Waals surface area (Å²) in [7, 11) is -3.36. The normalized spacial score (nSPS) is 12.1. The fourth-order valence-corrected chi connectivity index (χ4v) is 2.72. The third-order valence-corrected chi connectivity index (χ3v) is 3.81. The summed E-state index contributed by atoms with van der Waals surface area (Å²) in [5.41, 5.74) is 6.70. The molecule has 1 aromatic carbocycles. The van der Waals surface area contributed by atoms with E-state index in [0.29, 0.717) is 24.0 Å². The minimum absolute atomic E-state index is 0.144. The Bertz CT molecular complexity index is 679. The second-order valence-electron chi connectivity index (χ2n) is 4.06. The number of benzene rings is 1. The smallest absolute Gasteiger partial charge is 0.201 e. The molecule has 0 atom stereocenters. The Labute approximate surface area is 104 Å². The van der Waals surface area contributed by atoms with Crippen LogP contribution in [0.1, 0.15) is 6.42 Å². The average molecular weight is 271 g/mol. The zero-order chi connectivity index (χ0) is 13.3. The highest BCUT2D eigenvalue weighted by atomic mass is 32.2. The van der Waals surface area contributed by atoms with Crippen LogP contribution in [0.4, 0.5) is 10.3 Å². The Hall–Kier alpha value is -1.63. The first-order chi connectivity index (χ1) is 8.45. The van der Waals surface area contributed by atoms with Crippen molar-refractivity contribution in [3.8, 4) is 0 Å². The van der Waals surface area contributed by atoms with Crippen LogP contribution in [-0.4, -0.2) is 30.9 Å². The Balaban J connectivity index is 2.67. The Morgan fingerprint density at radius 3 is 2.78 bits per heavy atom. The molecular weight excluding hydrogens is 257 g/mol. The lowest BCUT2D eigenvalue weighted by atomic mass is 10.3. The summed E-state index contributed by atoms with van der Waals surface area (Å²) < 4.78 is 37.1. The zero-order valence-corrected chi connectivity index (χ0v) is 10.7. The maximum Gasteiger partial charge on any atom is 0.201 e. The van der Waals surface area contributed by atoms with Crippen molar-refractivity contribution in [2.24, 2.45) is 0 Å². The van der Waals surface area contributed by atoms with Crippen LogP contribution < -0.4 is 5.73 Å². The van der Waals surface area contributed by atoms with Crippen molar-refractivity contribution in [1.82, 2.24) is 9.55 Å². The molecule has 18 heavy (non-hydrogen) atoms. The van der Waals surface area contributed by atoms with Crippen LogP contribution in [0.25, 0.3) is 11.0 Å². The molecule has 0 aliphatic rings.